The molecular weight excluding hydrogens is 310 g/mol. The van der Waals surface area contributed by atoms with Crippen molar-refractivity contribution in [3.05, 3.63) is 33.4 Å². The van der Waals surface area contributed by atoms with Crippen LogP contribution < -0.4 is 4.90 Å². The van der Waals surface area contributed by atoms with E-state index in [-0.39, 0.29) is 5.91 Å². The van der Waals surface area contributed by atoms with Crippen LogP contribution in [0.4, 0.5) is 5.82 Å². The van der Waals surface area contributed by atoms with Crippen LogP contribution in [0.25, 0.3) is 0 Å². The van der Waals surface area contributed by atoms with Gasteiger partial charge in [-0.1, -0.05) is 0 Å². The van der Waals surface area contributed by atoms with Crippen molar-refractivity contribution in [1.82, 2.24) is 20.1 Å². The van der Waals surface area contributed by atoms with Crippen molar-refractivity contribution in [2.24, 2.45) is 0 Å². The normalized spacial score (nSPS) is 17.4. The molecule has 0 radical (unpaired) electrons. The number of carbonyl (C=O) groups is 1. The molecule has 2 aliphatic rings. The number of hydrogen-bond acceptors (Lipinski definition) is 6. The van der Waals surface area contributed by atoms with Gasteiger partial charge < -0.3 is 9.80 Å². The second-order valence-electron chi connectivity index (χ2n) is 6.06. The smallest absolute Gasteiger partial charge is 0.273 e. The van der Waals surface area contributed by atoms with E-state index in [0.29, 0.717) is 18.8 Å². The first-order valence-corrected chi connectivity index (χ1v) is 8.90. The topological polar surface area (TPSA) is 62.2 Å². The molecule has 2 aromatic heterocycles. The highest BCUT2D eigenvalue weighted by atomic mass is 32.1. The molecule has 2 aromatic rings. The maximum Gasteiger partial charge on any atom is 0.273 e. The van der Waals surface area contributed by atoms with Gasteiger partial charge in [0.2, 0.25) is 0 Å². The third kappa shape index (κ3) is 2.81. The van der Waals surface area contributed by atoms with E-state index in [4.69, 9.17) is 0 Å². The highest BCUT2D eigenvalue weighted by Gasteiger charge is 2.25. The van der Waals surface area contributed by atoms with Crippen molar-refractivity contribution in [2.75, 3.05) is 31.1 Å². The van der Waals surface area contributed by atoms with Gasteiger partial charge in [-0.05, 0) is 37.8 Å². The minimum Gasteiger partial charge on any atom is -0.352 e. The van der Waals surface area contributed by atoms with E-state index < -0.39 is 0 Å². The quantitative estimate of drug-likeness (QED) is 0.839. The molecule has 7 heteroatoms. The van der Waals surface area contributed by atoms with E-state index in [2.05, 4.69) is 26.1 Å². The van der Waals surface area contributed by atoms with Gasteiger partial charge >= 0.3 is 0 Å². The molecule has 1 aliphatic heterocycles. The summed E-state index contributed by atoms with van der Waals surface area (Å²) in [5.74, 6) is 0.983. The predicted octanol–water partition coefficient (Wildman–Crippen LogP) is 1.69. The highest BCUT2D eigenvalue weighted by Crippen LogP contribution is 2.23. The molecule has 4 rings (SSSR count). The molecule has 6 nitrogen and oxygen atoms in total. The van der Waals surface area contributed by atoms with Gasteiger partial charge in [0.1, 0.15) is 5.69 Å². The first-order valence-electron chi connectivity index (χ1n) is 8.02. The molecule has 23 heavy (non-hydrogen) atoms. The van der Waals surface area contributed by atoms with Gasteiger partial charge in [-0.3, -0.25) is 4.79 Å². The van der Waals surface area contributed by atoms with Gasteiger partial charge in [0.05, 0.1) is 10.7 Å². The Labute approximate surface area is 139 Å². The Hall–Kier alpha value is -2.02. The summed E-state index contributed by atoms with van der Waals surface area (Å²) in [5, 5.41) is 11.5. The van der Waals surface area contributed by atoms with Crippen LogP contribution in [-0.2, 0) is 12.8 Å². The highest BCUT2D eigenvalue weighted by molar-refractivity contribution is 7.09. The number of hydrogen-bond donors (Lipinski definition) is 0. The number of nitrogens with zero attached hydrogens (tertiary/aromatic N) is 5. The van der Waals surface area contributed by atoms with Crippen molar-refractivity contribution in [1.29, 1.82) is 0 Å². The molecule has 3 heterocycles. The van der Waals surface area contributed by atoms with Crippen molar-refractivity contribution in [2.45, 2.75) is 26.2 Å². The van der Waals surface area contributed by atoms with Crippen LogP contribution in [0.2, 0.25) is 0 Å². The fraction of sp³-hybridized carbons (Fsp3) is 0.500. The van der Waals surface area contributed by atoms with Crippen molar-refractivity contribution < 1.29 is 4.79 Å². The number of anilines is 1. The summed E-state index contributed by atoms with van der Waals surface area (Å²) in [6.45, 7) is 4.92. The monoisotopic (exact) mass is 329 g/mol. The number of fused-ring (bicyclic) bond motifs is 1. The first kappa shape index (κ1) is 14.6. The summed E-state index contributed by atoms with van der Waals surface area (Å²) in [7, 11) is 0. The average Bonchev–Trinajstić information content (AvgIpc) is 3.22. The van der Waals surface area contributed by atoms with Crippen molar-refractivity contribution in [3.8, 4) is 0 Å². The fourth-order valence-corrected chi connectivity index (χ4v) is 3.82. The van der Waals surface area contributed by atoms with Crippen molar-refractivity contribution >= 4 is 23.1 Å². The lowest BCUT2D eigenvalue weighted by molar-refractivity contribution is 0.0741. The van der Waals surface area contributed by atoms with Gasteiger partial charge in [0.15, 0.2) is 5.82 Å². The molecule has 0 aromatic carbocycles. The number of thiazole rings is 1. The van der Waals surface area contributed by atoms with Crippen LogP contribution in [0.15, 0.2) is 11.4 Å². The second kappa shape index (κ2) is 5.88. The zero-order valence-electron chi connectivity index (χ0n) is 13.2. The maximum absolute atomic E-state index is 12.4. The zero-order chi connectivity index (χ0) is 15.8. The largest absolute Gasteiger partial charge is 0.352 e. The van der Waals surface area contributed by atoms with Gasteiger partial charge in [-0.25, -0.2) is 4.98 Å². The third-order valence-corrected chi connectivity index (χ3v) is 5.31. The number of aromatic nitrogens is 3. The zero-order valence-corrected chi connectivity index (χ0v) is 14.0. The Bertz CT molecular complexity index is 736. The fourth-order valence-electron chi connectivity index (χ4n) is 3.23. The van der Waals surface area contributed by atoms with Crippen LogP contribution >= 0.6 is 11.3 Å². The Morgan fingerprint density at radius 2 is 2.00 bits per heavy atom. The lowest BCUT2D eigenvalue weighted by Gasteiger charge is -2.35. The molecular formula is C16H19N5OS. The Morgan fingerprint density at radius 1 is 1.17 bits per heavy atom. The van der Waals surface area contributed by atoms with Gasteiger partial charge in [-0.15, -0.1) is 16.4 Å². The molecule has 120 valence electrons. The Morgan fingerprint density at radius 3 is 2.74 bits per heavy atom. The number of aryl methyl sites for hydroxylation is 3. The minimum absolute atomic E-state index is 0.0361. The van der Waals surface area contributed by atoms with E-state index in [1.165, 1.54) is 23.3 Å². The molecule has 0 atom stereocenters. The van der Waals surface area contributed by atoms with E-state index in [1.54, 1.807) is 0 Å². The summed E-state index contributed by atoms with van der Waals surface area (Å²) >= 11 is 1.52. The SMILES string of the molecule is Cc1nc(C(=O)N2CCN(c3cc4c(nn3)CCC4)CC2)cs1. The lowest BCUT2D eigenvalue weighted by Crippen LogP contribution is -2.49. The summed E-state index contributed by atoms with van der Waals surface area (Å²) in [5.41, 5.74) is 3.06. The molecule has 0 unspecified atom stereocenters. The van der Waals surface area contributed by atoms with Crippen molar-refractivity contribution in [3.63, 3.8) is 0 Å². The van der Waals surface area contributed by atoms with Gasteiger partial charge in [0, 0.05) is 31.6 Å². The Balaban J connectivity index is 1.42. The van der Waals surface area contributed by atoms with Crippen LogP contribution in [-0.4, -0.2) is 52.2 Å². The van der Waals surface area contributed by atoms with E-state index in [1.807, 2.05) is 17.2 Å². The summed E-state index contributed by atoms with van der Waals surface area (Å²) in [6.07, 6.45) is 3.35. The third-order valence-electron chi connectivity index (χ3n) is 4.54. The molecule has 1 aliphatic carbocycles. The number of rotatable bonds is 2. The summed E-state index contributed by atoms with van der Waals surface area (Å²) < 4.78 is 0. The standard InChI is InChI=1S/C16H19N5OS/c1-11-17-14(10-23-11)16(22)21-7-5-20(6-8-21)15-9-12-3-2-4-13(12)18-19-15/h9-10H,2-8H2,1H3. The maximum atomic E-state index is 12.4. The second-order valence-corrected chi connectivity index (χ2v) is 7.12. The minimum atomic E-state index is 0.0361. The van der Waals surface area contributed by atoms with Crippen LogP contribution in [0, 0.1) is 6.92 Å². The molecule has 0 N–H and O–H groups in total. The molecule has 1 fully saturated rings. The summed E-state index contributed by atoms with van der Waals surface area (Å²) in [6, 6.07) is 2.18. The summed E-state index contributed by atoms with van der Waals surface area (Å²) in [4.78, 5) is 20.8. The molecule has 0 saturated carbocycles. The number of piperazine rings is 1. The molecule has 1 saturated heterocycles. The Kier molecular flexibility index (Phi) is 3.72. The van der Waals surface area contributed by atoms with E-state index >= 15 is 0 Å². The van der Waals surface area contributed by atoms with E-state index in [0.717, 1.165) is 42.5 Å². The molecule has 0 spiro atoms. The predicted molar refractivity (Wildman–Crippen MR) is 89.0 cm³/mol. The average molecular weight is 329 g/mol. The van der Waals surface area contributed by atoms with Crippen LogP contribution in [0.5, 0.6) is 0 Å². The number of carbonyl (C=O) groups excluding carboxylic acids is 1. The lowest BCUT2D eigenvalue weighted by atomic mass is 10.2. The first-order chi connectivity index (χ1) is 11.2. The van der Waals surface area contributed by atoms with Gasteiger partial charge in [0.25, 0.3) is 5.91 Å². The van der Waals surface area contributed by atoms with Crippen LogP contribution in [0.3, 0.4) is 0 Å². The number of amides is 1. The van der Waals surface area contributed by atoms with E-state index in [9.17, 15) is 4.79 Å². The molecule has 1 amide bonds. The van der Waals surface area contributed by atoms with Crippen LogP contribution in [0.1, 0.15) is 33.2 Å². The van der Waals surface area contributed by atoms with Gasteiger partial charge in [-0.2, -0.15) is 5.10 Å². The molecule has 0 bridgehead atoms.